The summed E-state index contributed by atoms with van der Waals surface area (Å²) in [5.41, 5.74) is -6.81. The molecule has 1 heterocycles. The van der Waals surface area contributed by atoms with Crippen molar-refractivity contribution in [1.82, 2.24) is 9.55 Å². The van der Waals surface area contributed by atoms with Crippen molar-refractivity contribution in [3.8, 4) is 17.2 Å². The number of esters is 1. The van der Waals surface area contributed by atoms with Gasteiger partial charge >= 0.3 is 17.8 Å². The minimum absolute atomic E-state index is 0.134. The topological polar surface area (TPSA) is 105 Å². The van der Waals surface area contributed by atoms with Crippen LogP contribution < -0.4 is 11.2 Å². The van der Waals surface area contributed by atoms with Crippen LogP contribution in [-0.2, 0) is 22.8 Å². The van der Waals surface area contributed by atoms with Gasteiger partial charge in [-0.1, -0.05) is 0 Å². The van der Waals surface area contributed by atoms with Crippen LogP contribution in [0.2, 0.25) is 0 Å². The third-order valence-electron chi connectivity index (χ3n) is 3.72. The average Bonchev–Trinajstić information content (AvgIpc) is 2.62. The van der Waals surface area contributed by atoms with E-state index in [9.17, 15) is 31.9 Å². The molecule has 0 saturated heterocycles. The highest BCUT2D eigenvalue weighted by molar-refractivity contribution is 5.88. The number of carbonyl (C=O) groups excluding carboxylic acids is 1. The summed E-state index contributed by atoms with van der Waals surface area (Å²) < 4.78 is 59.4. The third-order valence-corrected chi connectivity index (χ3v) is 3.72. The highest BCUT2D eigenvalue weighted by Crippen LogP contribution is 2.35. The number of carbonyl (C=O) groups is 1. The summed E-state index contributed by atoms with van der Waals surface area (Å²) in [6.45, 7) is 0. The Bertz CT molecular complexity index is 1140. The maximum absolute atomic E-state index is 14.5. The highest BCUT2D eigenvalue weighted by Gasteiger charge is 2.39. The van der Waals surface area contributed by atoms with Gasteiger partial charge in [0.05, 0.1) is 24.3 Å². The van der Waals surface area contributed by atoms with E-state index in [1.54, 1.807) is 11.1 Å². The second-order valence-corrected chi connectivity index (χ2v) is 5.43. The van der Waals surface area contributed by atoms with E-state index in [1.807, 2.05) is 0 Å². The van der Waals surface area contributed by atoms with E-state index in [2.05, 4.69) is 4.74 Å². The fraction of sp³-hybridized carbons (Fsp3) is 0.176. The lowest BCUT2D eigenvalue weighted by molar-refractivity contribution is -0.143. The van der Waals surface area contributed by atoms with E-state index in [4.69, 9.17) is 5.26 Å². The SMILES string of the molecule is COC(=O)C=Cc1cc(-c2c(C(F)(F)F)n(C)c(=O)[nH]c2=O)c(F)cc1C#N. The molecule has 0 aliphatic carbocycles. The zero-order chi connectivity index (χ0) is 21.2. The summed E-state index contributed by atoms with van der Waals surface area (Å²) in [6.07, 6.45) is -3.26. The first kappa shape index (κ1) is 20.6. The summed E-state index contributed by atoms with van der Waals surface area (Å²) >= 11 is 0. The van der Waals surface area contributed by atoms with Crippen LogP contribution in [0.15, 0.2) is 27.8 Å². The first-order chi connectivity index (χ1) is 13.0. The van der Waals surface area contributed by atoms with Crippen LogP contribution in [0.25, 0.3) is 17.2 Å². The molecule has 2 rings (SSSR count). The van der Waals surface area contributed by atoms with Gasteiger partial charge in [0, 0.05) is 18.7 Å². The van der Waals surface area contributed by atoms with Crippen molar-refractivity contribution >= 4 is 12.0 Å². The molecule has 0 aliphatic rings. The average molecular weight is 397 g/mol. The lowest BCUT2D eigenvalue weighted by Gasteiger charge is -2.16. The van der Waals surface area contributed by atoms with Gasteiger partial charge in [-0.3, -0.25) is 14.3 Å². The van der Waals surface area contributed by atoms with Gasteiger partial charge in [-0.05, 0) is 23.8 Å². The van der Waals surface area contributed by atoms with Gasteiger partial charge in [0.1, 0.15) is 11.5 Å². The lowest BCUT2D eigenvalue weighted by atomic mass is 9.97. The fourth-order valence-electron chi connectivity index (χ4n) is 2.44. The van der Waals surface area contributed by atoms with E-state index < -0.39 is 46.0 Å². The standard InChI is InChI=1S/C17H11F4N3O4/c1-24-14(17(19,20)21)13(15(26)23-16(24)27)10-5-8(3-4-12(25)28-2)9(7-22)6-11(10)18/h3-6H,1-2H3,(H,23,26,27). The first-order valence-corrected chi connectivity index (χ1v) is 7.41. The van der Waals surface area contributed by atoms with Crippen LogP contribution in [0.4, 0.5) is 17.6 Å². The Morgan fingerprint density at radius 2 is 1.96 bits per heavy atom. The highest BCUT2D eigenvalue weighted by atomic mass is 19.4. The fourth-order valence-corrected chi connectivity index (χ4v) is 2.44. The number of hydrogen-bond acceptors (Lipinski definition) is 5. The molecule has 0 spiro atoms. The van der Waals surface area contributed by atoms with Crippen LogP contribution in [-0.4, -0.2) is 22.6 Å². The molecular formula is C17H11F4N3O4. The molecule has 1 aromatic heterocycles. The summed E-state index contributed by atoms with van der Waals surface area (Å²) in [4.78, 5) is 36.6. The zero-order valence-electron chi connectivity index (χ0n) is 14.3. The molecule has 11 heteroatoms. The number of H-pyrrole nitrogens is 1. The molecule has 0 saturated carbocycles. The molecule has 7 nitrogen and oxygen atoms in total. The quantitative estimate of drug-likeness (QED) is 0.484. The van der Waals surface area contributed by atoms with Gasteiger partial charge in [0.15, 0.2) is 0 Å². The molecule has 0 fully saturated rings. The molecule has 2 aromatic rings. The molecule has 28 heavy (non-hydrogen) atoms. The summed E-state index contributed by atoms with van der Waals surface area (Å²) in [7, 11) is 1.85. The van der Waals surface area contributed by atoms with Crippen LogP contribution in [0.5, 0.6) is 0 Å². The van der Waals surface area contributed by atoms with Crippen molar-refractivity contribution in [2.45, 2.75) is 6.18 Å². The summed E-state index contributed by atoms with van der Waals surface area (Å²) in [5, 5.41) is 9.09. The van der Waals surface area contributed by atoms with E-state index in [1.165, 1.54) is 0 Å². The molecule has 0 radical (unpaired) electrons. The van der Waals surface area contributed by atoms with Crippen LogP contribution in [0.3, 0.4) is 0 Å². The number of aromatic nitrogens is 2. The molecule has 1 N–H and O–H groups in total. The monoisotopic (exact) mass is 397 g/mol. The number of nitrogens with one attached hydrogen (secondary N) is 1. The van der Waals surface area contributed by atoms with Gasteiger partial charge in [-0.25, -0.2) is 14.0 Å². The lowest BCUT2D eigenvalue weighted by Crippen LogP contribution is -2.35. The maximum atomic E-state index is 14.5. The van der Waals surface area contributed by atoms with Crippen LogP contribution in [0, 0.1) is 17.1 Å². The second-order valence-electron chi connectivity index (χ2n) is 5.43. The van der Waals surface area contributed by atoms with E-state index in [-0.39, 0.29) is 15.7 Å². The second kappa shape index (κ2) is 7.51. The number of rotatable bonds is 3. The number of benzene rings is 1. The molecule has 0 bridgehead atoms. The molecule has 146 valence electrons. The van der Waals surface area contributed by atoms with Crippen molar-refractivity contribution in [1.29, 1.82) is 5.26 Å². The van der Waals surface area contributed by atoms with Crippen molar-refractivity contribution in [3.63, 3.8) is 0 Å². The molecule has 0 amide bonds. The molecule has 1 aromatic carbocycles. The molecule has 0 unspecified atom stereocenters. The van der Waals surface area contributed by atoms with Gasteiger partial charge in [0.2, 0.25) is 0 Å². The Balaban J connectivity index is 2.91. The van der Waals surface area contributed by atoms with E-state index in [0.29, 0.717) is 6.07 Å². The smallest absolute Gasteiger partial charge is 0.432 e. The minimum Gasteiger partial charge on any atom is -0.466 e. The number of ether oxygens (including phenoxy) is 1. The van der Waals surface area contributed by atoms with Crippen LogP contribution in [0.1, 0.15) is 16.8 Å². The molecule has 0 aliphatic heterocycles. The number of halogens is 4. The predicted octanol–water partition coefficient (Wildman–Crippen LogP) is 1.96. The number of hydrogen-bond donors (Lipinski definition) is 1. The Hall–Kier alpha value is -3.68. The number of alkyl halides is 3. The summed E-state index contributed by atoms with van der Waals surface area (Å²) in [5.74, 6) is -2.12. The maximum Gasteiger partial charge on any atom is 0.432 e. The molecule has 0 atom stereocenters. The number of nitrogens with zero attached hydrogens (tertiary/aromatic N) is 2. The van der Waals surface area contributed by atoms with Gasteiger partial charge in [-0.2, -0.15) is 18.4 Å². The van der Waals surface area contributed by atoms with Crippen molar-refractivity contribution in [2.75, 3.05) is 7.11 Å². The third kappa shape index (κ3) is 3.85. The Morgan fingerprint density at radius 3 is 2.50 bits per heavy atom. The largest absolute Gasteiger partial charge is 0.466 e. The predicted molar refractivity (Wildman–Crippen MR) is 88.5 cm³/mol. The van der Waals surface area contributed by atoms with E-state index >= 15 is 0 Å². The first-order valence-electron chi connectivity index (χ1n) is 7.41. The normalized spacial score (nSPS) is 11.5. The van der Waals surface area contributed by atoms with Crippen molar-refractivity contribution in [2.24, 2.45) is 7.05 Å². The Labute approximate surface area is 154 Å². The van der Waals surface area contributed by atoms with E-state index in [0.717, 1.165) is 32.4 Å². The number of nitriles is 1. The van der Waals surface area contributed by atoms with Crippen LogP contribution >= 0.6 is 0 Å². The van der Waals surface area contributed by atoms with Crippen molar-refractivity contribution in [3.05, 3.63) is 61.7 Å². The van der Waals surface area contributed by atoms with Gasteiger partial charge in [0.25, 0.3) is 5.56 Å². The Kier molecular flexibility index (Phi) is 5.54. The van der Waals surface area contributed by atoms with Crippen molar-refractivity contribution < 1.29 is 27.1 Å². The minimum atomic E-state index is -5.15. The number of aromatic amines is 1. The zero-order valence-corrected chi connectivity index (χ0v) is 14.3. The Morgan fingerprint density at radius 1 is 1.32 bits per heavy atom. The summed E-state index contributed by atoms with van der Waals surface area (Å²) in [6, 6.07) is 3.06. The number of methoxy groups -OCH3 is 1. The molecular weight excluding hydrogens is 386 g/mol. The van der Waals surface area contributed by atoms with Gasteiger partial charge < -0.3 is 4.74 Å². The van der Waals surface area contributed by atoms with Gasteiger partial charge in [-0.15, -0.1) is 0 Å².